The lowest BCUT2D eigenvalue weighted by Gasteiger charge is -2.14. The Morgan fingerprint density at radius 2 is 1.79 bits per heavy atom. The molecular formula is C23H19FN2OS. The van der Waals surface area contributed by atoms with E-state index in [1.54, 1.807) is 16.7 Å². The molecule has 4 rings (SSSR count). The molecule has 0 N–H and O–H groups in total. The van der Waals surface area contributed by atoms with E-state index in [0.717, 1.165) is 16.8 Å². The van der Waals surface area contributed by atoms with Gasteiger partial charge in [-0.25, -0.2) is 9.37 Å². The lowest BCUT2D eigenvalue weighted by atomic mass is 10.1. The van der Waals surface area contributed by atoms with Crippen molar-refractivity contribution < 1.29 is 4.39 Å². The van der Waals surface area contributed by atoms with Crippen LogP contribution in [0.15, 0.2) is 76.7 Å². The molecule has 0 unspecified atom stereocenters. The van der Waals surface area contributed by atoms with E-state index in [-0.39, 0.29) is 11.4 Å². The Morgan fingerprint density at radius 3 is 2.57 bits per heavy atom. The zero-order valence-electron chi connectivity index (χ0n) is 15.6. The number of thioether (sulfide) groups is 1. The van der Waals surface area contributed by atoms with Crippen molar-refractivity contribution in [3.63, 3.8) is 0 Å². The Morgan fingerprint density at radius 1 is 0.964 bits per heavy atom. The van der Waals surface area contributed by atoms with E-state index < -0.39 is 0 Å². The lowest BCUT2D eigenvalue weighted by Crippen LogP contribution is -2.22. The van der Waals surface area contributed by atoms with Gasteiger partial charge in [-0.05, 0) is 66.9 Å². The van der Waals surface area contributed by atoms with Crippen LogP contribution in [0.1, 0.15) is 16.7 Å². The first-order valence-electron chi connectivity index (χ1n) is 8.99. The third-order valence-corrected chi connectivity index (χ3v) is 5.76. The monoisotopic (exact) mass is 390 g/mol. The number of halogens is 1. The molecule has 0 aliphatic carbocycles. The molecule has 3 aromatic carbocycles. The summed E-state index contributed by atoms with van der Waals surface area (Å²) in [5.41, 5.74) is 4.47. The molecule has 28 heavy (non-hydrogen) atoms. The second kappa shape index (κ2) is 7.60. The average Bonchev–Trinajstić information content (AvgIpc) is 2.69. The van der Waals surface area contributed by atoms with E-state index in [2.05, 4.69) is 0 Å². The first-order chi connectivity index (χ1) is 13.5. The largest absolute Gasteiger partial charge is 0.268 e. The van der Waals surface area contributed by atoms with Gasteiger partial charge < -0.3 is 0 Å². The number of fused-ring (bicyclic) bond motifs is 1. The molecule has 0 bridgehead atoms. The summed E-state index contributed by atoms with van der Waals surface area (Å²) in [6.07, 6.45) is 0. The smallest absolute Gasteiger partial charge is 0.266 e. The highest BCUT2D eigenvalue weighted by Gasteiger charge is 2.14. The van der Waals surface area contributed by atoms with E-state index in [4.69, 9.17) is 4.98 Å². The van der Waals surface area contributed by atoms with E-state index in [9.17, 15) is 9.18 Å². The minimum atomic E-state index is -0.267. The zero-order valence-corrected chi connectivity index (χ0v) is 16.5. The number of benzene rings is 3. The van der Waals surface area contributed by atoms with Crippen LogP contribution in [-0.4, -0.2) is 9.55 Å². The summed E-state index contributed by atoms with van der Waals surface area (Å²) in [4.78, 5) is 18.0. The van der Waals surface area contributed by atoms with Gasteiger partial charge in [-0.15, -0.1) is 0 Å². The Hall–Kier alpha value is -2.92. The first kappa shape index (κ1) is 18.4. The summed E-state index contributed by atoms with van der Waals surface area (Å²) in [5, 5.41) is 1.17. The number of hydrogen-bond donors (Lipinski definition) is 0. The molecule has 0 saturated heterocycles. The lowest BCUT2D eigenvalue weighted by molar-refractivity contribution is 0.626. The van der Waals surface area contributed by atoms with Gasteiger partial charge in [0.1, 0.15) is 5.82 Å². The van der Waals surface area contributed by atoms with Crippen LogP contribution < -0.4 is 5.56 Å². The van der Waals surface area contributed by atoms with E-state index >= 15 is 0 Å². The van der Waals surface area contributed by atoms with Gasteiger partial charge >= 0.3 is 0 Å². The normalized spacial score (nSPS) is 11.1. The van der Waals surface area contributed by atoms with Crippen LogP contribution >= 0.6 is 11.8 Å². The van der Waals surface area contributed by atoms with E-state index in [1.807, 2.05) is 56.3 Å². The molecule has 0 radical (unpaired) electrons. The molecule has 3 nitrogen and oxygen atoms in total. The fourth-order valence-corrected chi connectivity index (χ4v) is 4.03. The highest BCUT2D eigenvalue weighted by molar-refractivity contribution is 7.98. The van der Waals surface area contributed by atoms with Crippen LogP contribution in [0.25, 0.3) is 16.6 Å². The predicted molar refractivity (Wildman–Crippen MR) is 113 cm³/mol. The van der Waals surface area contributed by atoms with Crippen molar-refractivity contribution in [2.75, 3.05) is 0 Å². The Balaban J connectivity index is 1.85. The van der Waals surface area contributed by atoms with Gasteiger partial charge in [0.25, 0.3) is 5.56 Å². The zero-order chi connectivity index (χ0) is 19.7. The summed E-state index contributed by atoms with van der Waals surface area (Å²) in [7, 11) is 0. The molecule has 0 aliphatic rings. The Kier molecular flexibility index (Phi) is 5.01. The fraction of sp³-hybridized carbons (Fsp3) is 0.130. The molecule has 4 aromatic rings. The topological polar surface area (TPSA) is 34.9 Å². The molecule has 1 aromatic heterocycles. The van der Waals surface area contributed by atoms with Crippen LogP contribution in [0.3, 0.4) is 0 Å². The molecular weight excluding hydrogens is 371 g/mol. The second-order valence-corrected chi connectivity index (χ2v) is 7.68. The summed E-state index contributed by atoms with van der Waals surface area (Å²) in [6.45, 7) is 4.07. The third-order valence-electron chi connectivity index (χ3n) is 4.75. The van der Waals surface area contributed by atoms with Gasteiger partial charge in [0, 0.05) is 5.75 Å². The summed E-state index contributed by atoms with van der Waals surface area (Å²) in [6, 6.07) is 19.8. The first-order valence-corrected chi connectivity index (χ1v) is 9.98. The molecule has 1 heterocycles. The van der Waals surface area contributed by atoms with Crippen LogP contribution in [0.2, 0.25) is 0 Å². The maximum Gasteiger partial charge on any atom is 0.266 e. The van der Waals surface area contributed by atoms with Crippen LogP contribution in [0.5, 0.6) is 0 Å². The van der Waals surface area contributed by atoms with E-state index in [0.29, 0.717) is 21.8 Å². The van der Waals surface area contributed by atoms with Gasteiger partial charge in [-0.1, -0.05) is 42.1 Å². The predicted octanol–water partition coefficient (Wildman–Crippen LogP) is 5.43. The van der Waals surface area contributed by atoms with Crippen molar-refractivity contribution in [3.8, 4) is 5.69 Å². The van der Waals surface area contributed by atoms with Crippen molar-refractivity contribution in [2.24, 2.45) is 0 Å². The van der Waals surface area contributed by atoms with Gasteiger partial charge in [-0.2, -0.15) is 0 Å². The minimum Gasteiger partial charge on any atom is -0.268 e. The molecule has 0 amide bonds. The van der Waals surface area contributed by atoms with Crippen LogP contribution in [0.4, 0.5) is 4.39 Å². The molecule has 5 heteroatoms. The van der Waals surface area contributed by atoms with Crippen LogP contribution in [0, 0.1) is 19.7 Å². The Labute approximate surface area is 166 Å². The van der Waals surface area contributed by atoms with E-state index in [1.165, 1.54) is 29.5 Å². The number of hydrogen-bond acceptors (Lipinski definition) is 3. The number of aromatic nitrogens is 2. The number of rotatable bonds is 4. The molecule has 0 fully saturated rings. The molecule has 0 saturated carbocycles. The van der Waals surface area contributed by atoms with Gasteiger partial charge in [0.15, 0.2) is 5.16 Å². The second-order valence-electron chi connectivity index (χ2n) is 6.74. The molecule has 0 aliphatic heterocycles. The maximum atomic E-state index is 13.5. The highest BCUT2D eigenvalue weighted by atomic mass is 32.2. The number of para-hydroxylation sites is 1. The molecule has 0 atom stereocenters. The highest BCUT2D eigenvalue weighted by Crippen LogP contribution is 2.25. The third kappa shape index (κ3) is 3.58. The quantitative estimate of drug-likeness (QED) is 0.344. The fourth-order valence-electron chi connectivity index (χ4n) is 3.08. The SMILES string of the molecule is Cc1ccc(-n2c(SCc3cccc(F)c3)nc3ccccc3c2=O)cc1C. The number of aryl methyl sites for hydroxylation is 2. The van der Waals surface area contributed by atoms with Crippen LogP contribution in [-0.2, 0) is 5.75 Å². The molecule has 0 spiro atoms. The van der Waals surface area contributed by atoms with Gasteiger partial charge in [0.05, 0.1) is 16.6 Å². The van der Waals surface area contributed by atoms with Crippen molar-refractivity contribution in [3.05, 3.63) is 99.6 Å². The van der Waals surface area contributed by atoms with Crippen molar-refractivity contribution in [1.82, 2.24) is 9.55 Å². The minimum absolute atomic E-state index is 0.101. The maximum absolute atomic E-state index is 13.5. The standard InChI is InChI=1S/C23H19FN2OS/c1-15-10-11-19(12-16(15)2)26-22(27)20-8-3-4-9-21(20)25-23(26)28-14-17-6-5-7-18(24)13-17/h3-13H,14H2,1-2H3. The number of nitrogens with zero attached hydrogens (tertiary/aromatic N) is 2. The average molecular weight is 390 g/mol. The molecule has 140 valence electrons. The summed E-state index contributed by atoms with van der Waals surface area (Å²) < 4.78 is 15.2. The van der Waals surface area contributed by atoms with Crippen molar-refractivity contribution in [1.29, 1.82) is 0 Å². The Bertz CT molecular complexity index is 1230. The summed E-state index contributed by atoms with van der Waals surface area (Å²) >= 11 is 1.43. The van der Waals surface area contributed by atoms with Gasteiger partial charge in [0.2, 0.25) is 0 Å². The van der Waals surface area contributed by atoms with Gasteiger partial charge in [-0.3, -0.25) is 9.36 Å². The summed E-state index contributed by atoms with van der Waals surface area (Å²) in [5.74, 6) is 0.254. The van der Waals surface area contributed by atoms with Crippen molar-refractivity contribution >= 4 is 22.7 Å². The van der Waals surface area contributed by atoms with Crippen molar-refractivity contribution in [2.45, 2.75) is 24.8 Å².